The largest absolute Gasteiger partial charge is 0.469 e. The van der Waals surface area contributed by atoms with E-state index in [4.69, 9.17) is 5.73 Å². The molecule has 1 rings (SSSR count). The number of methoxy groups -OCH3 is 1. The van der Waals surface area contributed by atoms with Gasteiger partial charge in [-0.2, -0.15) is 0 Å². The van der Waals surface area contributed by atoms with Gasteiger partial charge in [0.1, 0.15) is 0 Å². The molecule has 3 nitrogen and oxygen atoms in total. The fraction of sp³-hybridized carbons (Fsp3) is 0.857. The van der Waals surface area contributed by atoms with Crippen molar-refractivity contribution in [1.29, 1.82) is 0 Å². The summed E-state index contributed by atoms with van der Waals surface area (Å²) in [4.78, 5) is 10.7. The lowest BCUT2D eigenvalue weighted by molar-refractivity contribution is -0.142. The highest BCUT2D eigenvalue weighted by atomic mass is 16.5. The Morgan fingerprint density at radius 1 is 1.70 bits per heavy atom. The predicted octanol–water partition coefficient (Wildman–Crippen LogP) is 0.287. The van der Waals surface area contributed by atoms with Gasteiger partial charge in [0, 0.05) is 12.5 Å². The quantitative estimate of drug-likeness (QED) is 0.565. The van der Waals surface area contributed by atoms with Crippen molar-refractivity contribution < 1.29 is 9.53 Å². The van der Waals surface area contributed by atoms with E-state index in [1.807, 2.05) is 0 Å². The Balaban J connectivity index is 2.19. The normalized spacial score (nSPS) is 31.0. The van der Waals surface area contributed by atoms with E-state index < -0.39 is 0 Å². The summed E-state index contributed by atoms with van der Waals surface area (Å²) in [6.07, 6.45) is 2.63. The Labute approximate surface area is 60.5 Å². The number of ether oxygens (including phenoxy) is 1. The summed E-state index contributed by atoms with van der Waals surface area (Å²) in [5.41, 5.74) is 5.62. The van der Waals surface area contributed by atoms with Crippen molar-refractivity contribution in [2.75, 3.05) is 7.11 Å². The van der Waals surface area contributed by atoms with Crippen molar-refractivity contribution in [1.82, 2.24) is 0 Å². The van der Waals surface area contributed by atoms with Crippen LogP contribution in [0.3, 0.4) is 0 Å². The molecule has 0 aromatic rings. The average Bonchev–Trinajstić information content (AvgIpc) is 1.96. The van der Waals surface area contributed by atoms with Gasteiger partial charge in [-0.05, 0) is 18.8 Å². The van der Waals surface area contributed by atoms with Gasteiger partial charge >= 0.3 is 5.97 Å². The topological polar surface area (TPSA) is 52.3 Å². The van der Waals surface area contributed by atoms with Crippen molar-refractivity contribution in [3.05, 3.63) is 0 Å². The molecule has 0 radical (unpaired) electrons. The molecule has 0 aliphatic heterocycles. The summed E-state index contributed by atoms with van der Waals surface area (Å²) >= 11 is 0. The zero-order valence-corrected chi connectivity index (χ0v) is 6.17. The molecule has 2 atom stereocenters. The summed E-state index contributed by atoms with van der Waals surface area (Å²) < 4.78 is 4.51. The van der Waals surface area contributed by atoms with Gasteiger partial charge in [0.15, 0.2) is 0 Å². The monoisotopic (exact) mass is 143 g/mol. The van der Waals surface area contributed by atoms with Crippen LogP contribution in [0.25, 0.3) is 0 Å². The van der Waals surface area contributed by atoms with E-state index in [9.17, 15) is 4.79 Å². The number of nitrogens with two attached hydrogens (primary N) is 1. The number of hydrogen-bond acceptors (Lipinski definition) is 3. The van der Waals surface area contributed by atoms with Gasteiger partial charge in [-0.25, -0.2) is 0 Å². The molecule has 0 heterocycles. The summed E-state index contributed by atoms with van der Waals surface area (Å²) in [6.45, 7) is 0. The Morgan fingerprint density at radius 2 is 2.40 bits per heavy atom. The Bertz CT molecular complexity index is 136. The lowest BCUT2D eigenvalue weighted by Crippen LogP contribution is -2.40. The van der Waals surface area contributed by atoms with Crippen molar-refractivity contribution in [3.8, 4) is 0 Å². The highest BCUT2D eigenvalue weighted by molar-refractivity contribution is 5.69. The van der Waals surface area contributed by atoms with Crippen molar-refractivity contribution in [2.24, 2.45) is 11.7 Å². The van der Waals surface area contributed by atoms with Crippen LogP contribution < -0.4 is 5.73 Å². The lowest BCUT2D eigenvalue weighted by atomic mass is 9.78. The van der Waals surface area contributed by atoms with Crippen LogP contribution in [0.5, 0.6) is 0 Å². The highest BCUT2D eigenvalue weighted by Gasteiger charge is 2.29. The first-order chi connectivity index (χ1) is 4.74. The molecule has 2 N–H and O–H groups in total. The molecule has 1 saturated carbocycles. The second-order valence-corrected chi connectivity index (χ2v) is 2.78. The smallest absolute Gasteiger partial charge is 0.305 e. The van der Waals surface area contributed by atoms with Gasteiger partial charge in [0.05, 0.1) is 7.11 Å². The number of carbonyl (C=O) groups is 1. The van der Waals surface area contributed by atoms with Crippen molar-refractivity contribution in [3.63, 3.8) is 0 Å². The third-order valence-electron chi connectivity index (χ3n) is 2.13. The highest BCUT2D eigenvalue weighted by Crippen LogP contribution is 2.28. The van der Waals surface area contributed by atoms with Crippen LogP contribution in [-0.2, 0) is 9.53 Å². The second-order valence-electron chi connectivity index (χ2n) is 2.78. The van der Waals surface area contributed by atoms with E-state index in [2.05, 4.69) is 4.74 Å². The molecule has 0 amide bonds. The molecule has 58 valence electrons. The Hall–Kier alpha value is -0.570. The SMILES string of the molecule is COC(=O)C[C@@H]1CC[C@@H]1N. The summed E-state index contributed by atoms with van der Waals surface area (Å²) in [6, 6.07) is 0.235. The van der Waals surface area contributed by atoms with Crippen LogP contribution >= 0.6 is 0 Å². The predicted molar refractivity (Wildman–Crippen MR) is 37.3 cm³/mol. The van der Waals surface area contributed by atoms with Gasteiger partial charge in [0.2, 0.25) is 0 Å². The molecular formula is C7H13NO2. The molecule has 0 saturated heterocycles. The maximum Gasteiger partial charge on any atom is 0.305 e. The standard InChI is InChI=1S/C7H13NO2/c1-10-7(9)4-5-2-3-6(5)8/h5-6H,2-4,8H2,1H3/t5-,6-/m0/s1. The van der Waals surface area contributed by atoms with Crippen molar-refractivity contribution >= 4 is 5.97 Å². The van der Waals surface area contributed by atoms with E-state index in [-0.39, 0.29) is 12.0 Å². The van der Waals surface area contributed by atoms with Gasteiger partial charge in [0.25, 0.3) is 0 Å². The van der Waals surface area contributed by atoms with Crippen LogP contribution in [0.1, 0.15) is 19.3 Å². The minimum Gasteiger partial charge on any atom is -0.469 e. The molecule has 1 aliphatic rings. The van der Waals surface area contributed by atoms with E-state index in [0.29, 0.717) is 12.3 Å². The van der Waals surface area contributed by atoms with Crippen LogP contribution in [0.4, 0.5) is 0 Å². The molecule has 1 aliphatic carbocycles. The van der Waals surface area contributed by atoms with Gasteiger partial charge in [-0.15, -0.1) is 0 Å². The minimum absolute atomic E-state index is 0.139. The average molecular weight is 143 g/mol. The number of hydrogen-bond donors (Lipinski definition) is 1. The Kier molecular flexibility index (Phi) is 2.27. The fourth-order valence-electron chi connectivity index (χ4n) is 1.15. The zero-order valence-electron chi connectivity index (χ0n) is 6.17. The molecule has 3 heteroatoms. The number of carbonyl (C=O) groups excluding carboxylic acids is 1. The van der Waals surface area contributed by atoms with Gasteiger partial charge in [-0.1, -0.05) is 0 Å². The molecular weight excluding hydrogens is 130 g/mol. The third kappa shape index (κ3) is 1.48. The van der Waals surface area contributed by atoms with Crippen LogP contribution in [0, 0.1) is 5.92 Å². The van der Waals surface area contributed by atoms with Gasteiger partial charge < -0.3 is 10.5 Å². The molecule has 10 heavy (non-hydrogen) atoms. The summed E-state index contributed by atoms with van der Waals surface area (Å²) in [7, 11) is 1.41. The minimum atomic E-state index is -0.139. The van der Waals surface area contributed by atoms with E-state index in [1.54, 1.807) is 0 Å². The van der Waals surface area contributed by atoms with Crippen LogP contribution in [0.15, 0.2) is 0 Å². The Morgan fingerprint density at radius 3 is 2.70 bits per heavy atom. The van der Waals surface area contributed by atoms with Crippen molar-refractivity contribution in [2.45, 2.75) is 25.3 Å². The molecule has 0 aromatic carbocycles. The summed E-state index contributed by atoms with van der Waals surface area (Å²) in [5, 5.41) is 0. The molecule has 0 aromatic heterocycles. The van der Waals surface area contributed by atoms with Crippen LogP contribution in [-0.4, -0.2) is 19.1 Å². The lowest BCUT2D eigenvalue weighted by Gasteiger charge is -2.32. The van der Waals surface area contributed by atoms with E-state index >= 15 is 0 Å². The first-order valence-corrected chi connectivity index (χ1v) is 3.56. The van der Waals surface area contributed by atoms with E-state index in [1.165, 1.54) is 7.11 Å². The fourth-order valence-corrected chi connectivity index (χ4v) is 1.15. The maximum atomic E-state index is 10.7. The van der Waals surface area contributed by atoms with Crippen LogP contribution in [0.2, 0.25) is 0 Å². The summed E-state index contributed by atoms with van der Waals surface area (Å²) in [5.74, 6) is 0.243. The molecule has 0 bridgehead atoms. The molecule has 0 spiro atoms. The second kappa shape index (κ2) is 3.01. The van der Waals surface area contributed by atoms with Gasteiger partial charge in [-0.3, -0.25) is 4.79 Å². The number of rotatable bonds is 2. The molecule has 0 unspecified atom stereocenters. The number of esters is 1. The third-order valence-corrected chi connectivity index (χ3v) is 2.13. The first-order valence-electron chi connectivity index (χ1n) is 3.56. The van der Waals surface area contributed by atoms with E-state index in [0.717, 1.165) is 12.8 Å². The first kappa shape index (κ1) is 7.54. The molecule has 1 fully saturated rings. The maximum absolute atomic E-state index is 10.7. The zero-order chi connectivity index (χ0) is 7.56.